The first-order valence-corrected chi connectivity index (χ1v) is 5.21. The quantitative estimate of drug-likeness (QED) is 0.689. The summed E-state index contributed by atoms with van der Waals surface area (Å²) in [5, 5.41) is 0. The molecule has 0 bridgehead atoms. The predicted octanol–water partition coefficient (Wildman–Crippen LogP) is 1.35. The molecule has 0 radical (unpaired) electrons. The van der Waals surface area contributed by atoms with Crippen LogP contribution in [0.2, 0.25) is 0 Å². The van der Waals surface area contributed by atoms with Gasteiger partial charge < -0.3 is 5.73 Å². The van der Waals surface area contributed by atoms with Crippen molar-refractivity contribution < 1.29 is 0 Å². The van der Waals surface area contributed by atoms with Gasteiger partial charge in [-0.05, 0) is 32.7 Å². The van der Waals surface area contributed by atoms with Gasteiger partial charge in [0.1, 0.15) is 0 Å². The molecule has 2 aliphatic rings. The highest BCUT2D eigenvalue weighted by Gasteiger charge is 2.47. The Bertz CT molecular complexity index is 157. The van der Waals surface area contributed by atoms with Crippen LogP contribution in [-0.4, -0.2) is 30.1 Å². The Kier molecular flexibility index (Phi) is 2.13. The average Bonchev–Trinajstić information content (AvgIpc) is 2.71. The van der Waals surface area contributed by atoms with Crippen molar-refractivity contribution in [2.75, 3.05) is 13.6 Å². The van der Waals surface area contributed by atoms with Crippen LogP contribution in [0.1, 0.15) is 38.5 Å². The van der Waals surface area contributed by atoms with Crippen LogP contribution < -0.4 is 5.73 Å². The highest BCUT2D eigenvalue weighted by Crippen LogP contribution is 2.43. The first-order chi connectivity index (χ1) is 5.78. The summed E-state index contributed by atoms with van der Waals surface area (Å²) in [7, 11) is 2.27. The molecule has 2 N–H and O–H groups in total. The van der Waals surface area contributed by atoms with Gasteiger partial charge in [0.25, 0.3) is 0 Å². The van der Waals surface area contributed by atoms with Gasteiger partial charge in [0.15, 0.2) is 0 Å². The van der Waals surface area contributed by atoms with Crippen LogP contribution in [0.25, 0.3) is 0 Å². The summed E-state index contributed by atoms with van der Waals surface area (Å²) in [5.41, 5.74) is 6.22. The van der Waals surface area contributed by atoms with E-state index in [9.17, 15) is 0 Å². The van der Waals surface area contributed by atoms with Gasteiger partial charge in [-0.25, -0.2) is 0 Å². The lowest BCUT2D eigenvalue weighted by Crippen LogP contribution is -2.45. The maximum atomic E-state index is 5.80. The zero-order valence-corrected chi connectivity index (χ0v) is 8.05. The molecule has 0 saturated heterocycles. The lowest BCUT2D eigenvalue weighted by atomic mass is 10.1. The van der Waals surface area contributed by atoms with E-state index in [1.807, 2.05) is 0 Å². The fourth-order valence-electron chi connectivity index (χ4n) is 2.52. The van der Waals surface area contributed by atoms with Gasteiger partial charge in [-0.2, -0.15) is 0 Å². The Labute approximate surface area is 75.1 Å². The van der Waals surface area contributed by atoms with E-state index in [0.717, 1.165) is 12.6 Å². The normalized spacial score (nSPS) is 28.2. The van der Waals surface area contributed by atoms with Crippen LogP contribution in [-0.2, 0) is 0 Å². The summed E-state index contributed by atoms with van der Waals surface area (Å²) in [5.74, 6) is 0. The van der Waals surface area contributed by atoms with Crippen LogP contribution in [0.15, 0.2) is 0 Å². The SMILES string of the molecule is CN(C1CCCC1)C1(CN)CC1. The molecule has 0 amide bonds. The molecule has 0 heterocycles. The summed E-state index contributed by atoms with van der Waals surface area (Å²) in [4.78, 5) is 2.57. The molecule has 0 aromatic heterocycles. The van der Waals surface area contributed by atoms with Gasteiger partial charge in [-0.15, -0.1) is 0 Å². The summed E-state index contributed by atoms with van der Waals surface area (Å²) in [6.45, 7) is 0.861. The number of hydrogen-bond acceptors (Lipinski definition) is 2. The Morgan fingerprint density at radius 2 is 1.92 bits per heavy atom. The molecule has 70 valence electrons. The van der Waals surface area contributed by atoms with E-state index in [1.54, 1.807) is 0 Å². The van der Waals surface area contributed by atoms with Crippen LogP contribution in [0, 0.1) is 0 Å². The molecule has 2 nitrogen and oxygen atoms in total. The number of rotatable bonds is 3. The molecule has 2 rings (SSSR count). The number of hydrogen-bond donors (Lipinski definition) is 1. The molecule has 0 aliphatic heterocycles. The van der Waals surface area contributed by atoms with Gasteiger partial charge >= 0.3 is 0 Å². The molecule has 0 spiro atoms. The van der Waals surface area contributed by atoms with Crippen LogP contribution in [0.5, 0.6) is 0 Å². The van der Waals surface area contributed by atoms with Crippen LogP contribution >= 0.6 is 0 Å². The van der Waals surface area contributed by atoms with Crippen molar-refractivity contribution in [3.63, 3.8) is 0 Å². The Morgan fingerprint density at radius 1 is 1.33 bits per heavy atom. The maximum absolute atomic E-state index is 5.80. The zero-order chi connectivity index (χ0) is 8.60. The molecule has 0 unspecified atom stereocenters. The summed E-state index contributed by atoms with van der Waals surface area (Å²) >= 11 is 0. The number of nitrogens with two attached hydrogens (primary N) is 1. The Hall–Kier alpha value is -0.0800. The van der Waals surface area contributed by atoms with E-state index in [4.69, 9.17) is 5.73 Å². The molecule has 0 aromatic carbocycles. The van der Waals surface area contributed by atoms with Crippen LogP contribution in [0.4, 0.5) is 0 Å². The molecule has 2 saturated carbocycles. The van der Waals surface area contributed by atoms with E-state index in [-0.39, 0.29) is 0 Å². The van der Waals surface area contributed by atoms with Crippen molar-refractivity contribution in [2.24, 2.45) is 5.73 Å². The second-order valence-electron chi connectivity index (χ2n) is 4.48. The third-order valence-electron chi connectivity index (χ3n) is 3.83. The molecule has 0 atom stereocenters. The fourth-order valence-corrected chi connectivity index (χ4v) is 2.52. The smallest absolute Gasteiger partial charge is 0.0333 e. The number of nitrogens with zero attached hydrogens (tertiary/aromatic N) is 1. The molecule has 2 heteroatoms. The van der Waals surface area contributed by atoms with Gasteiger partial charge in [0.05, 0.1) is 0 Å². The lowest BCUT2D eigenvalue weighted by molar-refractivity contribution is 0.161. The second-order valence-corrected chi connectivity index (χ2v) is 4.48. The molecule has 12 heavy (non-hydrogen) atoms. The standard InChI is InChI=1S/C10H20N2/c1-12(9-4-2-3-5-9)10(8-11)6-7-10/h9H,2-8,11H2,1H3. The van der Waals surface area contributed by atoms with E-state index in [1.165, 1.54) is 38.5 Å². The van der Waals surface area contributed by atoms with Gasteiger partial charge in [0, 0.05) is 18.1 Å². The van der Waals surface area contributed by atoms with Crippen molar-refractivity contribution in [1.29, 1.82) is 0 Å². The van der Waals surface area contributed by atoms with Crippen LogP contribution in [0.3, 0.4) is 0 Å². The summed E-state index contributed by atoms with van der Waals surface area (Å²) < 4.78 is 0. The number of likely N-dealkylation sites (N-methyl/N-ethyl adjacent to an activating group) is 1. The first-order valence-electron chi connectivity index (χ1n) is 5.21. The van der Waals surface area contributed by atoms with E-state index >= 15 is 0 Å². The molecule has 0 aromatic rings. The zero-order valence-electron chi connectivity index (χ0n) is 8.05. The average molecular weight is 168 g/mol. The highest BCUT2D eigenvalue weighted by atomic mass is 15.2. The van der Waals surface area contributed by atoms with Crippen molar-refractivity contribution in [1.82, 2.24) is 4.90 Å². The van der Waals surface area contributed by atoms with E-state index < -0.39 is 0 Å². The van der Waals surface area contributed by atoms with Crippen molar-refractivity contribution in [3.05, 3.63) is 0 Å². The summed E-state index contributed by atoms with van der Waals surface area (Å²) in [6.07, 6.45) is 8.31. The minimum atomic E-state index is 0.426. The van der Waals surface area contributed by atoms with E-state index in [0.29, 0.717) is 5.54 Å². The third kappa shape index (κ3) is 1.27. The van der Waals surface area contributed by atoms with E-state index in [2.05, 4.69) is 11.9 Å². The van der Waals surface area contributed by atoms with Gasteiger partial charge in [-0.1, -0.05) is 12.8 Å². The molecular formula is C10H20N2. The predicted molar refractivity (Wildman–Crippen MR) is 51.0 cm³/mol. The highest BCUT2D eigenvalue weighted by molar-refractivity contribution is 5.05. The second kappa shape index (κ2) is 3.00. The largest absolute Gasteiger partial charge is 0.329 e. The summed E-state index contributed by atoms with van der Waals surface area (Å²) in [6, 6.07) is 0.844. The fraction of sp³-hybridized carbons (Fsp3) is 1.00. The molecule has 2 fully saturated rings. The monoisotopic (exact) mass is 168 g/mol. The Balaban J connectivity index is 1.94. The van der Waals surface area contributed by atoms with Crippen molar-refractivity contribution >= 4 is 0 Å². The molecular weight excluding hydrogens is 148 g/mol. The molecule has 2 aliphatic carbocycles. The Morgan fingerprint density at radius 3 is 2.33 bits per heavy atom. The van der Waals surface area contributed by atoms with Gasteiger partial charge in [0.2, 0.25) is 0 Å². The lowest BCUT2D eigenvalue weighted by Gasteiger charge is -2.32. The first kappa shape index (κ1) is 8.52. The van der Waals surface area contributed by atoms with Crippen molar-refractivity contribution in [2.45, 2.75) is 50.1 Å². The minimum absolute atomic E-state index is 0.426. The van der Waals surface area contributed by atoms with Crippen molar-refractivity contribution in [3.8, 4) is 0 Å². The minimum Gasteiger partial charge on any atom is -0.329 e. The third-order valence-corrected chi connectivity index (χ3v) is 3.83. The van der Waals surface area contributed by atoms with Gasteiger partial charge in [-0.3, -0.25) is 4.90 Å². The maximum Gasteiger partial charge on any atom is 0.0333 e. The topological polar surface area (TPSA) is 29.3 Å².